The molecule has 3 rings (SSSR count). The molecule has 0 aliphatic carbocycles. The quantitative estimate of drug-likeness (QED) is 0.626. The highest BCUT2D eigenvalue weighted by atomic mass is 15.1. The van der Waals surface area contributed by atoms with Gasteiger partial charge in [-0.25, -0.2) is 0 Å². The molecule has 0 unspecified atom stereocenters. The number of aryl methyl sites for hydroxylation is 1. The zero-order valence-electron chi connectivity index (χ0n) is 8.15. The molecule has 0 aromatic carbocycles. The van der Waals surface area contributed by atoms with Crippen LogP contribution in [0.15, 0.2) is 24.5 Å². The van der Waals surface area contributed by atoms with E-state index in [-0.39, 0.29) is 0 Å². The van der Waals surface area contributed by atoms with Gasteiger partial charge in [0.15, 0.2) is 0 Å². The first-order chi connectivity index (χ1) is 7.34. The fraction of sp³-hybridized carbons (Fsp3) is 0.100. The van der Waals surface area contributed by atoms with Gasteiger partial charge in [0.05, 0.1) is 17.6 Å². The molecule has 0 amide bonds. The summed E-state index contributed by atoms with van der Waals surface area (Å²) in [6.45, 7) is 1.99. The van der Waals surface area contributed by atoms with Crippen molar-refractivity contribution in [3.8, 4) is 11.4 Å². The molecule has 0 atom stereocenters. The summed E-state index contributed by atoms with van der Waals surface area (Å²) in [5.41, 5.74) is 3.73. The van der Waals surface area contributed by atoms with Gasteiger partial charge in [-0.3, -0.25) is 15.2 Å². The van der Waals surface area contributed by atoms with E-state index in [0.717, 1.165) is 28.0 Å². The lowest BCUT2D eigenvalue weighted by Gasteiger charge is -1.96. The molecule has 3 heterocycles. The number of aromatic nitrogens is 5. The fourth-order valence-corrected chi connectivity index (χ4v) is 1.59. The van der Waals surface area contributed by atoms with Crippen molar-refractivity contribution in [3.05, 3.63) is 30.2 Å². The zero-order chi connectivity index (χ0) is 10.3. The molecule has 15 heavy (non-hydrogen) atoms. The van der Waals surface area contributed by atoms with E-state index in [0.29, 0.717) is 0 Å². The number of hydrogen-bond donors (Lipinski definition) is 2. The van der Waals surface area contributed by atoms with Crippen LogP contribution >= 0.6 is 0 Å². The van der Waals surface area contributed by atoms with Gasteiger partial charge in [-0.15, -0.1) is 0 Å². The third-order valence-electron chi connectivity index (χ3n) is 2.41. The maximum Gasteiger partial charge on any atom is 0.111 e. The van der Waals surface area contributed by atoms with Gasteiger partial charge in [0.1, 0.15) is 5.52 Å². The predicted molar refractivity (Wildman–Crippen MR) is 56.2 cm³/mol. The molecule has 74 valence electrons. The Kier molecular flexibility index (Phi) is 1.58. The highest BCUT2D eigenvalue weighted by Gasteiger charge is 2.05. The second kappa shape index (κ2) is 2.91. The van der Waals surface area contributed by atoms with Crippen molar-refractivity contribution in [3.63, 3.8) is 0 Å². The standard InChI is InChI=1S/C10H9N5/c1-6-7-4-9(8-2-3-12-14-8)11-5-10(7)15-13-6/h2-5H,1H3,(H,12,14)(H,13,15). The average molecular weight is 199 g/mol. The second-order valence-electron chi connectivity index (χ2n) is 3.41. The molecule has 0 fully saturated rings. The number of H-pyrrole nitrogens is 2. The number of nitrogens with one attached hydrogen (secondary N) is 2. The number of pyridine rings is 1. The molecule has 0 aliphatic rings. The Balaban J connectivity index is 2.25. The smallest absolute Gasteiger partial charge is 0.111 e. The minimum atomic E-state index is 0.879. The van der Waals surface area contributed by atoms with Gasteiger partial charge in [-0.2, -0.15) is 10.2 Å². The van der Waals surface area contributed by atoms with Crippen LogP contribution in [0.3, 0.4) is 0 Å². The van der Waals surface area contributed by atoms with Crippen LogP contribution in [0.2, 0.25) is 0 Å². The van der Waals surface area contributed by atoms with Crippen LogP contribution in [0.25, 0.3) is 22.3 Å². The van der Waals surface area contributed by atoms with E-state index in [1.165, 1.54) is 0 Å². The Bertz CT molecular complexity index is 593. The van der Waals surface area contributed by atoms with Gasteiger partial charge in [0.2, 0.25) is 0 Å². The van der Waals surface area contributed by atoms with E-state index in [2.05, 4.69) is 25.4 Å². The number of nitrogens with zero attached hydrogens (tertiary/aromatic N) is 3. The van der Waals surface area contributed by atoms with Crippen LogP contribution in [-0.2, 0) is 0 Å². The Hall–Kier alpha value is -2.17. The fourth-order valence-electron chi connectivity index (χ4n) is 1.59. The van der Waals surface area contributed by atoms with Crippen LogP contribution in [0.5, 0.6) is 0 Å². The molecule has 5 nitrogen and oxygen atoms in total. The first kappa shape index (κ1) is 8.16. The Labute approximate surface area is 85.5 Å². The lowest BCUT2D eigenvalue weighted by Crippen LogP contribution is -1.83. The molecule has 0 saturated heterocycles. The van der Waals surface area contributed by atoms with Gasteiger partial charge in [-0.1, -0.05) is 0 Å². The van der Waals surface area contributed by atoms with Gasteiger partial charge in [-0.05, 0) is 19.1 Å². The summed E-state index contributed by atoms with van der Waals surface area (Å²) in [5.74, 6) is 0. The molecule has 3 aromatic heterocycles. The Morgan fingerprint density at radius 2 is 2.20 bits per heavy atom. The Morgan fingerprint density at radius 3 is 3.00 bits per heavy atom. The van der Waals surface area contributed by atoms with E-state index in [1.54, 1.807) is 12.4 Å². The van der Waals surface area contributed by atoms with Gasteiger partial charge in [0, 0.05) is 17.3 Å². The van der Waals surface area contributed by atoms with E-state index in [1.807, 2.05) is 19.1 Å². The minimum absolute atomic E-state index is 0.879. The van der Waals surface area contributed by atoms with Crippen molar-refractivity contribution in [1.29, 1.82) is 0 Å². The predicted octanol–water partition coefficient (Wildman–Crippen LogP) is 1.66. The largest absolute Gasteiger partial charge is 0.282 e. The summed E-state index contributed by atoms with van der Waals surface area (Å²) in [5, 5.41) is 14.9. The summed E-state index contributed by atoms with van der Waals surface area (Å²) in [6, 6.07) is 3.89. The minimum Gasteiger partial charge on any atom is -0.282 e. The van der Waals surface area contributed by atoms with Crippen molar-refractivity contribution in [2.24, 2.45) is 0 Å². The zero-order valence-corrected chi connectivity index (χ0v) is 8.15. The van der Waals surface area contributed by atoms with Crippen molar-refractivity contribution < 1.29 is 0 Å². The van der Waals surface area contributed by atoms with E-state index in [4.69, 9.17) is 0 Å². The number of rotatable bonds is 1. The van der Waals surface area contributed by atoms with Crippen LogP contribution in [-0.4, -0.2) is 25.4 Å². The molecule has 0 aliphatic heterocycles. The molecule has 0 saturated carbocycles. The molecule has 0 radical (unpaired) electrons. The van der Waals surface area contributed by atoms with Crippen molar-refractivity contribution >= 4 is 10.9 Å². The van der Waals surface area contributed by atoms with E-state index in [9.17, 15) is 0 Å². The third-order valence-corrected chi connectivity index (χ3v) is 2.41. The highest BCUT2D eigenvalue weighted by molar-refractivity contribution is 5.83. The molecule has 0 spiro atoms. The molecule has 3 aromatic rings. The van der Waals surface area contributed by atoms with Gasteiger partial charge < -0.3 is 0 Å². The summed E-state index contributed by atoms with van der Waals surface area (Å²) in [4.78, 5) is 4.31. The second-order valence-corrected chi connectivity index (χ2v) is 3.41. The molecule has 5 heteroatoms. The van der Waals surface area contributed by atoms with Crippen LogP contribution in [0.4, 0.5) is 0 Å². The maximum absolute atomic E-state index is 4.31. The van der Waals surface area contributed by atoms with E-state index >= 15 is 0 Å². The summed E-state index contributed by atoms with van der Waals surface area (Å²) >= 11 is 0. The first-order valence-electron chi connectivity index (χ1n) is 4.65. The molecule has 2 N–H and O–H groups in total. The monoisotopic (exact) mass is 199 g/mol. The van der Waals surface area contributed by atoms with E-state index < -0.39 is 0 Å². The Morgan fingerprint density at radius 1 is 1.27 bits per heavy atom. The number of aromatic amines is 2. The van der Waals surface area contributed by atoms with Crippen molar-refractivity contribution in [1.82, 2.24) is 25.4 Å². The average Bonchev–Trinajstić information content (AvgIpc) is 2.88. The van der Waals surface area contributed by atoms with Crippen LogP contribution in [0, 0.1) is 6.92 Å². The number of fused-ring (bicyclic) bond motifs is 1. The molecular formula is C10H9N5. The highest BCUT2D eigenvalue weighted by Crippen LogP contribution is 2.20. The normalized spacial score (nSPS) is 11.0. The molecular weight excluding hydrogens is 190 g/mol. The van der Waals surface area contributed by atoms with Crippen molar-refractivity contribution in [2.45, 2.75) is 6.92 Å². The lowest BCUT2D eigenvalue weighted by molar-refractivity contribution is 1.07. The topological polar surface area (TPSA) is 70.2 Å². The van der Waals surface area contributed by atoms with Gasteiger partial charge in [0.25, 0.3) is 0 Å². The maximum atomic E-state index is 4.31. The van der Waals surface area contributed by atoms with Crippen molar-refractivity contribution in [2.75, 3.05) is 0 Å². The van der Waals surface area contributed by atoms with Gasteiger partial charge >= 0.3 is 0 Å². The lowest BCUT2D eigenvalue weighted by atomic mass is 10.2. The first-order valence-corrected chi connectivity index (χ1v) is 4.65. The summed E-state index contributed by atoms with van der Waals surface area (Å²) < 4.78 is 0. The van der Waals surface area contributed by atoms with Crippen LogP contribution < -0.4 is 0 Å². The summed E-state index contributed by atoms with van der Waals surface area (Å²) in [6.07, 6.45) is 3.47. The summed E-state index contributed by atoms with van der Waals surface area (Å²) in [7, 11) is 0. The number of hydrogen-bond acceptors (Lipinski definition) is 3. The SMILES string of the molecule is Cc1[nH]nc2cnc(-c3ccn[nH]3)cc12. The third kappa shape index (κ3) is 1.20. The molecule has 0 bridgehead atoms. The van der Waals surface area contributed by atoms with Crippen LogP contribution in [0.1, 0.15) is 5.69 Å².